The maximum atomic E-state index is 11.8. The van der Waals surface area contributed by atoms with Crippen LogP contribution < -0.4 is 5.43 Å². The minimum atomic E-state index is -0.612. The maximum absolute atomic E-state index is 11.8. The average Bonchev–Trinajstić information content (AvgIpc) is 2.36. The Hall–Kier alpha value is -2.63. The van der Waals surface area contributed by atoms with Crippen molar-refractivity contribution in [3.63, 3.8) is 0 Å². The molecule has 0 fully saturated rings. The highest BCUT2D eigenvalue weighted by Gasteiger charge is 2.13. The Labute approximate surface area is 101 Å². The molecule has 0 spiro atoms. The quantitative estimate of drug-likeness (QED) is 0.648. The van der Waals surface area contributed by atoms with E-state index in [9.17, 15) is 20.0 Å². The third kappa shape index (κ3) is 1.95. The predicted molar refractivity (Wildman–Crippen MR) is 63.5 cm³/mol. The van der Waals surface area contributed by atoms with Gasteiger partial charge in [0.05, 0.1) is 10.5 Å². The Bertz CT molecular complexity index is 674. The molecule has 0 aliphatic carbocycles. The summed E-state index contributed by atoms with van der Waals surface area (Å²) < 4.78 is 5.00. The maximum Gasteiger partial charge on any atom is 0.270 e. The van der Waals surface area contributed by atoms with Crippen LogP contribution in [0.4, 0.5) is 5.69 Å². The number of benzene rings is 1. The molecule has 1 heterocycles. The summed E-state index contributed by atoms with van der Waals surface area (Å²) >= 11 is 0. The van der Waals surface area contributed by atoms with Crippen molar-refractivity contribution in [2.75, 3.05) is 0 Å². The van der Waals surface area contributed by atoms with Crippen LogP contribution in [-0.4, -0.2) is 10.0 Å². The fourth-order valence-corrected chi connectivity index (χ4v) is 1.53. The number of nitro groups is 1. The van der Waals surface area contributed by atoms with Gasteiger partial charge in [0.25, 0.3) is 5.69 Å². The third-order valence-electron chi connectivity index (χ3n) is 2.51. The highest BCUT2D eigenvalue weighted by Crippen LogP contribution is 2.23. The van der Waals surface area contributed by atoms with Crippen LogP contribution in [0.25, 0.3) is 11.1 Å². The van der Waals surface area contributed by atoms with Gasteiger partial charge in [-0.3, -0.25) is 14.9 Å². The van der Waals surface area contributed by atoms with Gasteiger partial charge in [-0.15, -0.1) is 0 Å². The largest absolute Gasteiger partial charge is 0.502 e. The molecule has 0 atom stereocenters. The first-order chi connectivity index (χ1) is 8.50. The molecule has 0 saturated carbocycles. The Balaban J connectivity index is 2.63. The second-order valence-electron chi connectivity index (χ2n) is 3.69. The van der Waals surface area contributed by atoms with Crippen molar-refractivity contribution in [2.24, 2.45) is 0 Å². The van der Waals surface area contributed by atoms with Crippen LogP contribution in [0.2, 0.25) is 0 Å². The number of aryl methyl sites for hydroxylation is 1. The first-order valence-electron chi connectivity index (χ1n) is 5.07. The zero-order valence-electron chi connectivity index (χ0n) is 9.41. The summed E-state index contributed by atoms with van der Waals surface area (Å²) in [7, 11) is 0. The van der Waals surface area contributed by atoms with E-state index in [2.05, 4.69) is 0 Å². The van der Waals surface area contributed by atoms with Gasteiger partial charge in [0.15, 0.2) is 0 Å². The summed E-state index contributed by atoms with van der Waals surface area (Å²) in [6, 6.07) is 5.57. The van der Waals surface area contributed by atoms with E-state index in [-0.39, 0.29) is 17.0 Å². The summed E-state index contributed by atoms with van der Waals surface area (Å²) in [6.07, 6.45) is 1.18. The third-order valence-corrected chi connectivity index (χ3v) is 2.51. The van der Waals surface area contributed by atoms with Gasteiger partial charge in [-0.2, -0.15) is 0 Å². The summed E-state index contributed by atoms with van der Waals surface area (Å²) in [6.45, 7) is 1.45. The zero-order chi connectivity index (χ0) is 13.3. The van der Waals surface area contributed by atoms with Gasteiger partial charge in [0, 0.05) is 12.1 Å². The van der Waals surface area contributed by atoms with Crippen LogP contribution in [0.15, 0.2) is 39.7 Å². The van der Waals surface area contributed by atoms with Gasteiger partial charge in [-0.05, 0) is 12.5 Å². The van der Waals surface area contributed by atoms with E-state index in [1.807, 2.05) is 0 Å². The Morgan fingerprint density at radius 2 is 2.11 bits per heavy atom. The minimum Gasteiger partial charge on any atom is -0.502 e. The lowest BCUT2D eigenvalue weighted by Gasteiger charge is -2.02. The summed E-state index contributed by atoms with van der Waals surface area (Å²) in [5, 5.41) is 20.1. The number of nitrogens with zero attached hydrogens (tertiary/aromatic N) is 1. The Morgan fingerprint density at radius 3 is 2.78 bits per heavy atom. The normalized spacial score (nSPS) is 10.3. The van der Waals surface area contributed by atoms with Crippen molar-refractivity contribution in [1.29, 1.82) is 0 Å². The van der Waals surface area contributed by atoms with E-state index < -0.39 is 16.1 Å². The number of aromatic hydroxyl groups is 1. The molecule has 18 heavy (non-hydrogen) atoms. The second-order valence-corrected chi connectivity index (χ2v) is 3.69. The molecule has 6 nitrogen and oxygen atoms in total. The van der Waals surface area contributed by atoms with E-state index in [4.69, 9.17) is 4.42 Å². The number of rotatable bonds is 2. The molecule has 0 amide bonds. The molecule has 92 valence electrons. The topological polar surface area (TPSA) is 93.6 Å². The van der Waals surface area contributed by atoms with Gasteiger partial charge in [0.2, 0.25) is 11.2 Å². The fraction of sp³-hybridized carbons (Fsp3) is 0.0833. The minimum absolute atomic E-state index is 0.0850. The van der Waals surface area contributed by atoms with E-state index in [1.54, 1.807) is 0 Å². The van der Waals surface area contributed by atoms with Gasteiger partial charge in [0.1, 0.15) is 12.0 Å². The van der Waals surface area contributed by atoms with Gasteiger partial charge < -0.3 is 9.52 Å². The SMILES string of the molecule is Cc1occ(-c2cccc([N+](=O)[O-])c2)c(=O)c1O. The molecule has 6 heteroatoms. The van der Waals surface area contributed by atoms with Crippen LogP contribution in [0.1, 0.15) is 5.76 Å². The lowest BCUT2D eigenvalue weighted by molar-refractivity contribution is -0.384. The number of non-ortho nitro benzene ring substituents is 1. The van der Waals surface area contributed by atoms with Crippen molar-refractivity contribution in [1.82, 2.24) is 0 Å². The average molecular weight is 247 g/mol. The number of hydrogen-bond donors (Lipinski definition) is 1. The molecule has 0 saturated heterocycles. The first-order valence-corrected chi connectivity index (χ1v) is 5.07. The molecular formula is C12H9NO5. The van der Waals surface area contributed by atoms with Crippen LogP contribution in [0.5, 0.6) is 5.75 Å². The molecule has 2 rings (SSSR count). The summed E-state index contributed by atoms with van der Waals surface area (Å²) in [4.78, 5) is 21.9. The molecule has 0 aliphatic heterocycles. The number of nitro benzene ring substituents is 1. The first kappa shape index (κ1) is 11.8. The van der Waals surface area contributed by atoms with Crippen LogP contribution >= 0.6 is 0 Å². The highest BCUT2D eigenvalue weighted by atomic mass is 16.6. The van der Waals surface area contributed by atoms with Gasteiger partial charge in [-0.1, -0.05) is 12.1 Å². The molecule has 2 aromatic rings. The van der Waals surface area contributed by atoms with Crippen molar-refractivity contribution >= 4 is 5.69 Å². The van der Waals surface area contributed by atoms with Crippen molar-refractivity contribution in [3.8, 4) is 16.9 Å². The molecular weight excluding hydrogens is 238 g/mol. The lowest BCUT2D eigenvalue weighted by atomic mass is 10.1. The summed E-state index contributed by atoms with van der Waals surface area (Å²) in [5.41, 5.74) is -0.332. The standard InChI is InChI=1S/C12H9NO5/c1-7-11(14)12(15)10(6-18-7)8-3-2-4-9(5-8)13(16)17/h2-6,14H,1H3. The molecule has 0 aliphatic rings. The monoisotopic (exact) mass is 247 g/mol. The Morgan fingerprint density at radius 1 is 1.39 bits per heavy atom. The van der Waals surface area contributed by atoms with E-state index in [0.717, 1.165) is 0 Å². The highest BCUT2D eigenvalue weighted by molar-refractivity contribution is 5.66. The molecule has 0 radical (unpaired) electrons. The van der Waals surface area contributed by atoms with Crippen LogP contribution in [-0.2, 0) is 0 Å². The molecule has 1 aromatic carbocycles. The smallest absolute Gasteiger partial charge is 0.270 e. The van der Waals surface area contributed by atoms with Crippen LogP contribution in [0, 0.1) is 17.0 Å². The van der Waals surface area contributed by atoms with Gasteiger partial charge in [-0.25, -0.2) is 0 Å². The van der Waals surface area contributed by atoms with E-state index >= 15 is 0 Å². The van der Waals surface area contributed by atoms with E-state index in [1.165, 1.54) is 37.5 Å². The van der Waals surface area contributed by atoms with Gasteiger partial charge >= 0.3 is 0 Å². The van der Waals surface area contributed by atoms with Crippen molar-refractivity contribution in [2.45, 2.75) is 6.92 Å². The molecule has 1 N–H and O–H groups in total. The molecule has 0 unspecified atom stereocenters. The van der Waals surface area contributed by atoms with Crippen molar-refractivity contribution < 1.29 is 14.4 Å². The summed E-state index contributed by atoms with van der Waals surface area (Å²) in [5.74, 6) is -0.381. The predicted octanol–water partition coefficient (Wildman–Crippen LogP) is 2.23. The van der Waals surface area contributed by atoms with E-state index in [0.29, 0.717) is 5.56 Å². The molecule has 1 aromatic heterocycles. The fourth-order valence-electron chi connectivity index (χ4n) is 1.53. The molecule has 0 bridgehead atoms. The number of hydrogen-bond acceptors (Lipinski definition) is 5. The second kappa shape index (κ2) is 4.33. The zero-order valence-corrected chi connectivity index (χ0v) is 9.41. The van der Waals surface area contributed by atoms with Crippen LogP contribution in [0.3, 0.4) is 0 Å². The van der Waals surface area contributed by atoms with Crippen molar-refractivity contribution in [3.05, 3.63) is 56.6 Å². The lowest BCUT2D eigenvalue weighted by Crippen LogP contribution is -2.05. The Kier molecular flexibility index (Phi) is 2.85.